The Bertz CT molecular complexity index is 510. The molecule has 0 unspecified atom stereocenters. The normalized spacial score (nSPS) is 9.47. The number of non-ortho nitro benzene ring substituents is 1. The molecule has 7 heteroatoms. The van der Waals surface area contributed by atoms with E-state index in [2.05, 4.69) is 0 Å². The predicted molar refractivity (Wildman–Crippen MR) is 68.4 cm³/mol. The van der Waals surface area contributed by atoms with Crippen molar-refractivity contribution in [3.05, 3.63) is 37.4 Å². The summed E-state index contributed by atoms with van der Waals surface area (Å²) in [7, 11) is 1.50. The molecule has 0 fully saturated rings. The van der Waals surface area contributed by atoms with Gasteiger partial charge in [0.15, 0.2) is 0 Å². The lowest BCUT2D eigenvalue weighted by Crippen LogP contribution is -2.27. The standard InChI is InChI=1S/C10H8IN3O3/c1-13(5-4-12)10(15)8-3-2-7(14(16)17)6-9(8)11/h2-3,6H,5H2,1H3. The van der Waals surface area contributed by atoms with Crippen LogP contribution in [0.2, 0.25) is 0 Å². The summed E-state index contributed by atoms with van der Waals surface area (Å²) in [5.41, 5.74) is 0.294. The van der Waals surface area contributed by atoms with Crippen LogP contribution in [-0.2, 0) is 0 Å². The Morgan fingerprint density at radius 3 is 2.76 bits per heavy atom. The molecule has 6 nitrogen and oxygen atoms in total. The lowest BCUT2D eigenvalue weighted by Gasteiger charge is -2.13. The van der Waals surface area contributed by atoms with Crippen LogP contribution in [0.5, 0.6) is 0 Å². The number of hydrogen-bond acceptors (Lipinski definition) is 4. The van der Waals surface area contributed by atoms with Crippen molar-refractivity contribution in [2.45, 2.75) is 0 Å². The van der Waals surface area contributed by atoms with E-state index in [9.17, 15) is 14.9 Å². The molecule has 0 bridgehead atoms. The van der Waals surface area contributed by atoms with Crippen molar-refractivity contribution < 1.29 is 9.72 Å². The first-order valence-corrected chi connectivity index (χ1v) is 5.61. The van der Waals surface area contributed by atoms with Crippen molar-refractivity contribution in [1.82, 2.24) is 4.90 Å². The van der Waals surface area contributed by atoms with Crippen LogP contribution in [0.3, 0.4) is 0 Å². The molecule has 1 aromatic rings. The largest absolute Gasteiger partial charge is 0.328 e. The van der Waals surface area contributed by atoms with Gasteiger partial charge in [-0.15, -0.1) is 0 Å². The number of nitro groups is 1. The van der Waals surface area contributed by atoms with Gasteiger partial charge in [0.25, 0.3) is 11.6 Å². The summed E-state index contributed by atoms with van der Waals surface area (Å²) in [6.07, 6.45) is 0. The van der Waals surface area contributed by atoms with Crippen molar-refractivity contribution in [3.8, 4) is 6.07 Å². The van der Waals surface area contributed by atoms with E-state index in [4.69, 9.17) is 5.26 Å². The molecule has 0 aromatic heterocycles. The maximum absolute atomic E-state index is 11.8. The smallest absolute Gasteiger partial charge is 0.270 e. The van der Waals surface area contributed by atoms with E-state index in [1.165, 1.54) is 30.1 Å². The average molecular weight is 345 g/mol. The van der Waals surface area contributed by atoms with Gasteiger partial charge in [0.1, 0.15) is 6.54 Å². The van der Waals surface area contributed by atoms with Crippen LogP contribution in [0.25, 0.3) is 0 Å². The van der Waals surface area contributed by atoms with Crippen LogP contribution in [-0.4, -0.2) is 29.3 Å². The van der Waals surface area contributed by atoms with Crippen LogP contribution in [0.4, 0.5) is 5.69 Å². The molecule has 0 aliphatic carbocycles. The Hall–Kier alpha value is -1.69. The molecule has 0 radical (unpaired) electrons. The highest BCUT2D eigenvalue weighted by Crippen LogP contribution is 2.20. The Kier molecular flexibility index (Phi) is 4.39. The SMILES string of the molecule is CN(CC#N)C(=O)c1ccc([N+](=O)[O-])cc1I. The van der Waals surface area contributed by atoms with E-state index in [0.717, 1.165) is 0 Å². The zero-order chi connectivity index (χ0) is 13.0. The molecule has 1 amide bonds. The van der Waals surface area contributed by atoms with E-state index in [-0.39, 0.29) is 18.1 Å². The lowest BCUT2D eigenvalue weighted by molar-refractivity contribution is -0.384. The fourth-order valence-electron chi connectivity index (χ4n) is 1.17. The highest BCUT2D eigenvalue weighted by molar-refractivity contribution is 14.1. The zero-order valence-corrected chi connectivity index (χ0v) is 11.0. The molecule has 0 atom stereocenters. The minimum atomic E-state index is -0.518. The number of halogens is 1. The number of nitrogens with zero attached hydrogens (tertiary/aromatic N) is 3. The lowest BCUT2D eigenvalue weighted by atomic mass is 10.2. The number of benzene rings is 1. The first-order valence-electron chi connectivity index (χ1n) is 4.53. The second-order valence-corrected chi connectivity index (χ2v) is 4.40. The fraction of sp³-hybridized carbons (Fsp3) is 0.200. The monoisotopic (exact) mass is 345 g/mol. The minimum Gasteiger partial charge on any atom is -0.328 e. The molecule has 88 valence electrons. The molecule has 0 saturated carbocycles. The number of nitro benzene ring substituents is 1. The Morgan fingerprint density at radius 2 is 2.29 bits per heavy atom. The second-order valence-electron chi connectivity index (χ2n) is 3.24. The van der Waals surface area contributed by atoms with Crippen molar-refractivity contribution in [2.24, 2.45) is 0 Å². The Morgan fingerprint density at radius 1 is 1.65 bits per heavy atom. The van der Waals surface area contributed by atoms with Gasteiger partial charge in [-0.25, -0.2) is 0 Å². The van der Waals surface area contributed by atoms with Gasteiger partial charge >= 0.3 is 0 Å². The molecule has 17 heavy (non-hydrogen) atoms. The number of rotatable bonds is 3. The van der Waals surface area contributed by atoms with Gasteiger partial charge in [-0.2, -0.15) is 5.26 Å². The van der Waals surface area contributed by atoms with Gasteiger partial charge < -0.3 is 4.90 Å². The van der Waals surface area contributed by atoms with Crippen molar-refractivity contribution in [1.29, 1.82) is 5.26 Å². The summed E-state index contributed by atoms with van der Waals surface area (Å²) in [4.78, 5) is 23.1. The number of nitriles is 1. The molecule has 1 aromatic carbocycles. The highest BCUT2D eigenvalue weighted by atomic mass is 127. The van der Waals surface area contributed by atoms with Crippen molar-refractivity contribution in [2.75, 3.05) is 13.6 Å². The van der Waals surface area contributed by atoms with Gasteiger partial charge in [-0.1, -0.05) is 0 Å². The van der Waals surface area contributed by atoms with Crippen molar-refractivity contribution >= 4 is 34.2 Å². The zero-order valence-electron chi connectivity index (χ0n) is 8.88. The third-order valence-corrected chi connectivity index (χ3v) is 2.94. The summed E-state index contributed by atoms with van der Waals surface area (Å²) in [6.45, 7) is -0.0219. The topological polar surface area (TPSA) is 87.2 Å². The molecular weight excluding hydrogens is 337 g/mol. The van der Waals surface area contributed by atoms with Crippen LogP contribution >= 0.6 is 22.6 Å². The second kappa shape index (κ2) is 5.58. The molecule has 0 N–H and O–H groups in total. The molecule has 0 aliphatic heterocycles. The number of carbonyl (C=O) groups is 1. The predicted octanol–water partition coefficient (Wildman–Crippen LogP) is 1.79. The fourth-order valence-corrected chi connectivity index (χ4v) is 1.90. The van der Waals surface area contributed by atoms with Crippen LogP contribution in [0.1, 0.15) is 10.4 Å². The van der Waals surface area contributed by atoms with Gasteiger partial charge in [0, 0.05) is 22.8 Å². The van der Waals surface area contributed by atoms with E-state index < -0.39 is 4.92 Å². The summed E-state index contributed by atoms with van der Waals surface area (Å²) in [6, 6.07) is 5.86. The van der Waals surface area contributed by atoms with E-state index in [1.54, 1.807) is 0 Å². The quantitative estimate of drug-likeness (QED) is 0.362. The third kappa shape index (κ3) is 3.13. The molecule has 1 rings (SSSR count). The Labute approximate surface area is 111 Å². The molecule has 0 aliphatic rings. The molecule has 0 spiro atoms. The van der Waals surface area contributed by atoms with E-state index >= 15 is 0 Å². The maximum Gasteiger partial charge on any atom is 0.270 e. The summed E-state index contributed by atoms with van der Waals surface area (Å²) in [5, 5.41) is 19.0. The first-order chi connectivity index (χ1) is 7.97. The Balaban J connectivity index is 3.05. The first kappa shape index (κ1) is 13.4. The highest BCUT2D eigenvalue weighted by Gasteiger charge is 2.17. The van der Waals surface area contributed by atoms with Gasteiger partial charge in [0.2, 0.25) is 0 Å². The average Bonchev–Trinajstić information content (AvgIpc) is 2.28. The third-order valence-electron chi connectivity index (χ3n) is 2.05. The number of carbonyl (C=O) groups excluding carboxylic acids is 1. The summed E-state index contributed by atoms with van der Waals surface area (Å²) >= 11 is 1.86. The van der Waals surface area contributed by atoms with Gasteiger partial charge in [-0.3, -0.25) is 14.9 Å². The van der Waals surface area contributed by atoms with Crippen LogP contribution in [0.15, 0.2) is 18.2 Å². The van der Waals surface area contributed by atoms with Gasteiger partial charge in [0.05, 0.1) is 16.6 Å². The maximum atomic E-state index is 11.8. The number of hydrogen-bond donors (Lipinski definition) is 0. The number of amides is 1. The molecule has 0 saturated heterocycles. The van der Waals surface area contributed by atoms with E-state index in [0.29, 0.717) is 9.13 Å². The molecule has 0 heterocycles. The summed E-state index contributed by atoms with van der Waals surface area (Å²) in [5.74, 6) is -0.328. The van der Waals surface area contributed by atoms with Crippen LogP contribution < -0.4 is 0 Å². The van der Waals surface area contributed by atoms with Gasteiger partial charge in [-0.05, 0) is 28.7 Å². The van der Waals surface area contributed by atoms with E-state index in [1.807, 2.05) is 28.7 Å². The molecular formula is C10H8IN3O3. The summed E-state index contributed by atoms with van der Waals surface area (Å²) < 4.78 is 0.492. The van der Waals surface area contributed by atoms with Crippen molar-refractivity contribution in [3.63, 3.8) is 0 Å². The van der Waals surface area contributed by atoms with Crippen LogP contribution in [0, 0.1) is 25.0 Å². The minimum absolute atomic E-state index is 0.0219.